The Morgan fingerprint density at radius 2 is 1.83 bits per heavy atom. The summed E-state index contributed by atoms with van der Waals surface area (Å²) in [7, 11) is 0. The Bertz CT molecular complexity index is 719. The molecular formula is C18H20ClN3O2. The maximum atomic E-state index is 12.5. The van der Waals surface area contributed by atoms with Crippen LogP contribution in [0.4, 0.5) is 10.5 Å². The van der Waals surface area contributed by atoms with E-state index in [2.05, 4.69) is 16.0 Å². The lowest BCUT2D eigenvalue weighted by atomic mass is 10.1. The van der Waals surface area contributed by atoms with Crippen molar-refractivity contribution in [1.29, 1.82) is 0 Å². The molecular weight excluding hydrogens is 326 g/mol. The second-order valence-corrected chi connectivity index (χ2v) is 5.71. The Balaban J connectivity index is 2.24. The molecule has 1 atom stereocenters. The van der Waals surface area contributed by atoms with Crippen LogP contribution < -0.4 is 16.0 Å². The molecule has 126 valence electrons. The van der Waals surface area contributed by atoms with Gasteiger partial charge in [0.25, 0.3) is 5.91 Å². The first kappa shape index (κ1) is 17.8. The number of carbonyl (C=O) groups excluding carboxylic acids is 2. The molecule has 0 saturated heterocycles. The maximum absolute atomic E-state index is 12.5. The Hall–Kier alpha value is -2.53. The number of carbonyl (C=O) groups is 2. The summed E-state index contributed by atoms with van der Waals surface area (Å²) in [6.07, 6.45) is 0. The highest BCUT2D eigenvalue weighted by Gasteiger charge is 2.22. The summed E-state index contributed by atoms with van der Waals surface area (Å²) in [6, 6.07) is 13.4. The lowest BCUT2D eigenvalue weighted by Gasteiger charge is -2.20. The summed E-state index contributed by atoms with van der Waals surface area (Å²) < 4.78 is 0. The van der Waals surface area contributed by atoms with E-state index in [1.807, 2.05) is 49.4 Å². The number of nitrogens with one attached hydrogen (secondary N) is 3. The number of imide groups is 1. The monoisotopic (exact) mass is 345 g/mol. The van der Waals surface area contributed by atoms with E-state index in [9.17, 15) is 9.59 Å². The van der Waals surface area contributed by atoms with Crippen LogP contribution in [0.25, 0.3) is 0 Å². The summed E-state index contributed by atoms with van der Waals surface area (Å²) in [4.78, 5) is 24.2. The molecule has 3 amide bonds. The van der Waals surface area contributed by atoms with Gasteiger partial charge in [0.15, 0.2) is 0 Å². The van der Waals surface area contributed by atoms with Crippen molar-refractivity contribution in [2.45, 2.75) is 19.9 Å². The number of hydrogen-bond donors (Lipinski definition) is 3. The number of amides is 3. The first-order chi connectivity index (χ1) is 11.5. The van der Waals surface area contributed by atoms with Crippen LogP contribution >= 0.6 is 11.6 Å². The van der Waals surface area contributed by atoms with Gasteiger partial charge in [0.2, 0.25) is 0 Å². The second-order valence-electron chi connectivity index (χ2n) is 5.30. The molecule has 0 fully saturated rings. The SMILES string of the molecule is CCNC(=O)NC(=O)[C@@H](Nc1ccc(C)c(Cl)c1)c1ccccc1. The van der Waals surface area contributed by atoms with Crippen LogP contribution in [-0.4, -0.2) is 18.5 Å². The summed E-state index contributed by atoms with van der Waals surface area (Å²) in [6.45, 7) is 4.13. The van der Waals surface area contributed by atoms with E-state index in [4.69, 9.17) is 11.6 Å². The molecule has 0 heterocycles. The molecule has 0 aliphatic heterocycles. The standard InChI is InChI=1S/C18H20ClN3O2/c1-3-20-18(24)22-17(23)16(13-7-5-4-6-8-13)21-14-10-9-12(2)15(19)11-14/h4-11,16,21H,3H2,1-2H3,(H2,20,22,23,24)/t16-/m0/s1. The van der Waals surface area contributed by atoms with Crippen LogP contribution in [0.15, 0.2) is 48.5 Å². The third-order valence-corrected chi connectivity index (χ3v) is 3.86. The molecule has 0 aromatic heterocycles. The molecule has 5 nitrogen and oxygen atoms in total. The highest BCUT2D eigenvalue weighted by Crippen LogP contribution is 2.24. The van der Waals surface area contributed by atoms with Gasteiger partial charge in [0.05, 0.1) is 0 Å². The van der Waals surface area contributed by atoms with E-state index in [1.54, 1.807) is 13.0 Å². The summed E-state index contributed by atoms with van der Waals surface area (Å²) in [5.74, 6) is -0.441. The largest absolute Gasteiger partial charge is 0.370 e. The lowest BCUT2D eigenvalue weighted by molar-refractivity contribution is -0.120. The van der Waals surface area contributed by atoms with E-state index >= 15 is 0 Å². The predicted octanol–water partition coefficient (Wildman–Crippen LogP) is 3.65. The minimum absolute atomic E-state index is 0.441. The van der Waals surface area contributed by atoms with E-state index < -0.39 is 18.0 Å². The Morgan fingerprint density at radius 3 is 2.46 bits per heavy atom. The average Bonchev–Trinajstić information content (AvgIpc) is 2.56. The normalized spacial score (nSPS) is 11.5. The molecule has 0 saturated carbocycles. The fraction of sp³-hybridized carbons (Fsp3) is 0.222. The van der Waals surface area contributed by atoms with E-state index in [1.165, 1.54) is 0 Å². The minimum atomic E-state index is -0.715. The highest BCUT2D eigenvalue weighted by atomic mass is 35.5. The van der Waals surface area contributed by atoms with Crippen LogP contribution in [0.1, 0.15) is 24.1 Å². The Morgan fingerprint density at radius 1 is 1.12 bits per heavy atom. The second kappa shape index (κ2) is 8.36. The van der Waals surface area contributed by atoms with Crippen molar-refractivity contribution in [1.82, 2.24) is 10.6 Å². The molecule has 6 heteroatoms. The van der Waals surface area contributed by atoms with E-state index in [-0.39, 0.29) is 0 Å². The van der Waals surface area contributed by atoms with Gasteiger partial charge < -0.3 is 10.6 Å². The minimum Gasteiger partial charge on any atom is -0.370 e. The summed E-state index contributed by atoms with van der Waals surface area (Å²) in [5.41, 5.74) is 2.40. The van der Waals surface area contributed by atoms with Crippen LogP contribution in [-0.2, 0) is 4.79 Å². The van der Waals surface area contributed by atoms with Crippen molar-refractivity contribution in [3.8, 4) is 0 Å². The maximum Gasteiger partial charge on any atom is 0.321 e. The number of benzene rings is 2. The smallest absolute Gasteiger partial charge is 0.321 e. The van der Waals surface area contributed by atoms with Crippen molar-refractivity contribution in [2.75, 3.05) is 11.9 Å². The first-order valence-corrected chi connectivity index (χ1v) is 8.05. The van der Waals surface area contributed by atoms with Crippen molar-refractivity contribution in [3.63, 3.8) is 0 Å². The molecule has 0 aliphatic carbocycles. The van der Waals surface area contributed by atoms with Crippen LogP contribution in [0.2, 0.25) is 5.02 Å². The number of halogens is 1. The predicted molar refractivity (Wildman–Crippen MR) is 96.2 cm³/mol. The molecule has 3 N–H and O–H groups in total. The van der Waals surface area contributed by atoms with Gasteiger partial charge in [-0.2, -0.15) is 0 Å². The number of urea groups is 1. The van der Waals surface area contributed by atoms with E-state index in [0.29, 0.717) is 17.3 Å². The zero-order chi connectivity index (χ0) is 17.5. The van der Waals surface area contributed by atoms with Gasteiger partial charge in [-0.3, -0.25) is 10.1 Å². The van der Waals surface area contributed by atoms with Crippen LogP contribution in [0.3, 0.4) is 0 Å². The summed E-state index contributed by atoms with van der Waals surface area (Å²) in [5, 5.41) is 8.63. The molecule has 2 aromatic rings. The molecule has 0 bridgehead atoms. The molecule has 0 radical (unpaired) electrons. The van der Waals surface area contributed by atoms with Crippen LogP contribution in [0.5, 0.6) is 0 Å². The fourth-order valence-electron chi connectivity index (χ4n) is 2.18. The molecule has 2 rings (SSSR count). The van der Waals surface area contributed by atoms with Crippen LogP contribution in [0, 0.1) is 6.92 Å². The molecule has 0 aliphatic rings. The fourth-order valence-corrected chi connectivity index (χ4v) is 2.36. The van der Waals surface area contributed by atoms with Gasteiger partial charge in [-0.05, 0) is 37.1 Å². The first-order valence-electron chi connectivity index (χ1n) is 7.67. The van der Waals surface area contributed by atoms with Crippen molar-refractivity contribution < 1.29 is 9.59 Å². The molecule has 0 spiro atoms. The lowest BCUT2D eigenvalue weighted by Crippen LogP contribution is -2.43. The Labute approximate surface area is 146 Å². The van der Waals surface area contributed by atoms with Gasteiger partial charge in [0.1, 0.15) is 6.04 Å². The zero-order valence-corrected chi connectivity index (χ0v) is 14.4. The average molecular weight is 346 g/mol. The quantitative estimate of drug-likeness (QED) is 0.774. The molecule has 2 aromatic carbocycles. The summed E-state index contributed by atoms with van der Waals surface area (Å²) >= 11 is 6.14. The van der Waals surface area contributed by atoms with Crippen molar-refractivity contribution in [3.05, 3.63) is 64.7 Å². The number of aryl methyl sites for hydroxylation is 1. The van der Waals surface area contributed by atoms with Gasteiger partial charge >= 0.3 is 6.03 Å². The third-order valence-electron chi connectivity index (χ3n) is 3.45. The van der Waals surface area contributed by atoms with Gasteiger partial charge in [-0.15, -0.1) is 0 Å². The molecule has 24 heavy (non-hydrogen) atoms. The highest BCUT2D eigenvalue weighted by molar-refractivity contribution is 6.31. The molecule has 0 unspecified atom stereocenters. The van der Waals surface area contributed by atoms with Crippen molar-refractivity contribution in [2.24, 2.45) is 0 Å². The Kier molecular flexibility index (Phi) is 6.21. The van der Waals surface area contributed by atoms with Gasteiger partial charge in [0, 0.05) is 17.3 Å². The third kappa shape index (κ3) is 4.73. The topological polar surface area (TPSA) is 70.2 Å². The zero-order valence-electron chi connectivity index (χ0n) is 13.6. The van der Waals surface area contributed by atoms with E-state index in [0.717, 1.165) is 11.1 Å². The van der Waals surface area contributed by atoms with Crippen molar-refractivity contribution >= 4 is 29.2 Å². The van der Waals surface area contributed by atoms with Gasteiger partial charge in [-0.1, -0.05) is 48.0 Å². The van der Waals surface area contributed by atoms with Gasteiger partial charge in [-0.25, -0.2) is 4.79 Å². The number of hydrogen-bond acceptors (Lipinski definition) is 3. The number of anilines is 1. The number of rotatable bonds is 5.